The van der Waals surface area contributed by atoms with Gasteiger partial charge >= 0.3 is 17.5 Å². The molecule has 11 heteroatoms. The van der Waals surface area contributed by atoms with Gasteiger partial charge in [0.2, 0.25) is 5.82 Å². The summed E-state index contributed by atoms with van der Waals surface area (Å²) in [5.74, 6) is -1.65. The fraction of sp³-hybridized carbons (Fsp3) is 0.250. The van der Waals surface area contributed by atoms with Crippen LogP contribution < -0.4 is 16.6 Å². The Morgan fingerprint density at radius 3 is 2.63 bits per heavy atom. The summed E-state index contributed by atoms with van der Waals surface area (Å²) in [5.41, 5.74) is -1.55. The zero-order chi connectivity index (χ0) is 19.6. The van der Waals surface area contributed by atoms with Crippen LogP contribution in [0.2, 0.25) is 0 Å². The Balaban J connectivity index is 2.08. The van der Waals surface area contributed by atoms with Gasteiger partial charge in [-0.15, -0.1) is 0 Å². The monoisotopic (exact) mass is 374 g/mol. The van der Waals surface area contributed by atoms with E-state index in [-0.39, 0.29) is 23.1 Å². The minimum absolute atomic E-state index is 0.239. The molecule has 2 heterocycles. The van der Waals surface area contributed by atoms with Gasteiger partial charge in [0, 0.05) is 13.6 Å². The molecule has 0 spiro atoms. The summed E-state index contributed by atoms with van der Waals surface area (Å²) in [5, 5.41) is 10.1. The standard InChI is InChI=1S/C16H15FN6O4/c1-3-8-18-13(24)14-19-12(21-27-14)11-15(25)22(2)16(26)23(20-11)10-6-4-9(17)5-7-10/h4-7H,3,8H2,1-2H3,(H,18,24). The van der Waals surface area contributed by atoms with Crippen molar-refractivity contribution in [2.75, 3.05) is 6.54 Å². The van der Waals surface area contributed by atoms with Gasteiger partial charge in [0.1, 0.15) is 5.82 Å². The molecule has 0 aliphatic carbocycles. The van der Waals surface area contributed by atoms with Crippen molar-refractivity contribution in [2.45, 2.75) is 13.3 Å². The van der Waals surface area contributed by atoms with Gasteiger partial charge in [-0.3, -0.25) is 14.2 Å². The lowest BCUT2D eigenvalue weighted by molar-refractivity contribution is 0.0910. The van der Waals surface area contributed by atoms with Gasteiger partial charge in [-0.2, -0.15) is 14.8 Å². The van der Waals surface area contributed by atoms with Crippen molar-refractivity contribution in [3.05, 3.63) is 56.8 Å². The zero-order valence-electron chi connectivity index (χ0n) is 14.5. The van der Waals surface area contributed by atoms with Crippen LogP contribution in [0.25, 0.3) is 17.2 Å². The molecule has 0 aliphatic rings. The predicted molar refractivity (Wildman–Crippen MR) is 90.9 cm³/mol. The van der Waals surface area contributed by atoms with E-state index in [0.717, 1.165) is 27.8 Å². The van der Waals surface area contributed by atoms with Crippen molar-refractivity contribution in [1.82, 2.24) is 29.8 Å². The Hall–Kier alpha value is -3.63. The van der Waals surface area contributed by atoms with E-state index in [1.807, 2.05) is 6.92 Å². The first kappa shape index (κ1) is 18.2. The van der Waals surface area contributed by atoms with Gasteiger partial charge in [-0.05, 0) is 30.7 Å². The van der Waals surface area contributed by atoms with Crippen molar-refractivity contribution in [3.63, 3.8) is 0 Å². The topological polar surface area (TPSA) is 125 Å². The number of aromatic nitrogens is 5. The maximum absolute atomic E-state index is 13.1. The van der Waals surface area contributed by atoms with E-state index in [4.69, 9.17) is 4.52 Å². The van der Waals surface area contributed by atoms with Crippen LogP contribution in [0.5, 0.6) is 0 Å². The Kier molecular flexibility index (Phi) is 4.92. The molecule has 3 aromatic rings. The quantitative estimate of drug-likeness (QED) is 0.679. The molecule has 0 atom stereocenters. The van der Waals surface area contributed by atoms with E-state index in [1.165, 1.54) is 19.2 Å². The second-order valence-corrected chi connectivity index (χ2v) is 5.56. The maximum Gasteiger partial charge on any atom is 0.351 e. The third-order valence-corrected chi connectivity index (χ3v) is 3.61. The fourth-order valence-corrected chi connectivity index (χ4v) is 2.19. The highest BCUT2D eigenvalue weighted by atomic mass is 19.1. The predicted octanol–water partition coefficient (Wildman–Crippen LogP) is 0.260. The number of benzene rings is 1. The summed E-state index contributed by atoms with van der Waals surface area (Å²) >= 11 is 0. The van der Waals surface area contributed by atoms with E-state index in [1.54, 1.807) is 0 Å². The molecule has 27 heavy (non-hydrogen) atoms. The number of amides is 1. The summed E-state index contributed by atoms with van der Waals surface area (Å²) in [6.45, 7) is 2.30. The molecule has 3 rings (SSSR count). The molecule has 1 N–H and O–H groups in total. The van der Waals surface area contributed by atoms with Gasteiger partial charge < -0.3 is 9.84 Å². The normalized spacial score (nSPS) is 10.8. The number of nitrogens with one attached hydrogen (secondary N) is 1. The van der Waals surface area contributed by atoms with Crippen LogP contribution in [0, 0.1) is 5.82 Å². The Morgan fingerprint density at radius 2 is 1.96 bits per heavy atom. The molecular weight excluding hydrogens is 359 g/mol. The Labute approximate surface area is 151 Å². The molecule has 0 fully saturated rings. The minimum Gasteiger partial charge on any atom is -0.348 e. The summed E-state index contributed by atoms with van der Waals surface area (Å²) in [6.07, 6.45) is 0.720. The SMILES string of the molecule is CCCNC(=O)c1nc(-c2nn(-c3ccc(F)cc3)c(=O)n(C)c2=O)no1. The minimum atomic E-state index is -0.764. The smallest absolute Gasteiger partial charge is 0.348 e. The first-order chi connectivity index (χ1) is 12.9. The third-order valence-electron chi connectivity index (χ3n) is 3.61. The van der Waals surface area contributed by atoms with Gasteiger partial charge in [0.15, 0.2) is 5.69 Å². The average molecular weight is 374 g/mol. The van der Waals surface area contributed by atoms with E-state index < -0.39 is 23.0 Å². The number of carbonyl (C=O) groups is 1. The van der Waals surface area contributed by atoms with Crippen molar-refractivity contribution < 1.29 is 13.7 Å². The van der Waals surface area contributed by atoms with Crippen LogP contribution in [0.3, 0.4) is 0 Å². The molecule has 2 aromatic heterocycles. The van der Waals surface area contributed by atoms with Crippen LogP contribution >= 0.6 is 0 Å². The first-order valence-corrected chi connectivity index (χ1v) is 8.01. The molecule has 0 saturated heterocycles. The summed E-state index contributed by atoms with van der Waals surface area (Å²) in [7, 11) is 1.25. The first-order valence-electron chi connectivity index (χ1n) is 8.01. The molecular formula is C16H15FN6O4. The molecule has 1 aromatic carbocycles. The average Bonchev–Trinajstić information content (AvgIpc) is 3.15. The number of hydrogen-bond acceptors (Lipinski definition) is 7. The van der Waals surface area contributed by atoms with Crippen molar-refractivity contribution in [2.24, 2.45) is 7.05 Å². The van der Waals surface area contributed by atoms with Gasteiger partial charge in [0.05, 0.1) is 5.69 Å². The van der Waals surface area contributed by atoms with Gasteiger partial charge in [-0.1, -0.05) is 12.1 Å². The summed E-state index contributed by atoms with van der Waals surface area (Å²) in [6, 6.07) is 4.97. The lowest BCUT2D eigenvalue weighted by Crippen LogP contribution is -2.40. The van der Waals surface area contributed by atoms with Crippen molar-refractivity contribution >= 4 is 5.91 Å². The molecule has 0 aliphatic heterocycles. The second kappa shape index (κ2) is 7.32. The van der Waals surface area contributed by atoms with E-state index >= 15 is 0 Å². The third kappa shape index (κ3) is 3.52. The largest absolute Gasteiger partial charge is 0.351 e. The lowest BCUT2D eigenvalue weighted by atomic mass is 10.3. The maximum atomic E-state index is 13.1. The van der Waals surface area contributed by atoms with Crippen LogP contribution in [0.4, 0.5) is 4.39 Å². The van der Waals surface area contributed by atoms with E-state index in [0.29, 0.717) is 6.54 Å². The molecule has 0 bridgehead atoms. The molecule has 1 amide bonds. The molecule has 140 valence electrons. The van der Waals surface area contributed by atoms with Crippen LogP contribution in [0.15, 0.2) is 38.4 Å². The number of hydrogen-bond donors (Lipinski definition) is 1. The van der Waals surface area contributed by atoms with E-state index in [9.17, 15) is 18.8 Å². The fourth-order valence-electron chi connectivity index (χ4n) is 2.19. The number of halogens is 1. The lowest BCUT2D eigenvalue weighted by Gasteiger charge is -2.07. The number of carbonyl (C=O) groups excluding carboxylic acids is 1. The van der Waals surface area contributed by atoms with Crippen LogP contribution in [-0.4, -0.2) is 36.9 Å². The van der Waals surface area contributed by atoms with Crippen molar-refractivity contribution in [1.29, 1.82) is 0 Å². The Bertz CT molecular complexity index is 1100. The molecule has 10 nitrogen and oxygen atoms in total. The summed E-state index contributed by atoms with van der Waals surface area (Å²) < 4.78 is 19.7. The Morgan fingerprint density at radius 1 is 1.26 bits per heavy atom. The molecule has 0 radical (unpaired) electrons. The molecule has 0 saturated carbocycles. The van der Waals surface area contributed by atoms with Gasteiger partial charge in [0.25, 0.3) is 5.56 Å². The van der Waals surface area contributed by atoms with Gasteiger partial charge in [-0.25, -0.2) is 9.18 Å². The second-order valence-electron chi connectivity index (χ2n) is 5.56. The van der Waals surface area contributed by atoms with Crippen LogP contribution in [0.1, 0.15) is 24.0 Å². The molecule has 0 unspecified atom stereocenters. The van der Waals surface area contributed by atoms with E-state index in [2.05, 4.69) is 20.6 Å². The highest BCUT2D eigenvalue weighted by Crippen LogP contribution is 2.10. The highest BCUT2D eigenvalue weighted by Gasteiger charge is 2.21. The van der Waals surface area contributed by atoms with Crippen molar-refractivity contribution in [3.8, 4) is 17.2 Å². The number of rotatable bonds is 5. The van der Waals surface area contributed by atoms with Crippen LogP contribution in [-0.2, 0) is 7.05 Å². The number of nitrogens with zero attached hydrogens (tertiary/aromatic N) is 5. The highest BCUT2D eigenvalue weighted by molar-refractivity contribution is 5.89. The zero-order valence-corrected chi connectivity index (χ0v) is 14.5. The summed E-state index contributed by atoms with van der Waals surface area (Å²) in [4.78, 5) is 40.5.